The highest BCUT2D eigenvalue weighted by atomic mass is 16.6. The summed E-state index contributed by atoms with van der Waals surface area (Å²) in [6.07, 6.45) is -1.12. The van der Waals surface area contributed by atoms with Crippen molar-refractivity contribution in [2.24, 2.45) is 0 Å². The normalized spacial score (nSPS) is 20.5. The van der Waals surface area contributed by atoms with Gasteiger partial charge in [-0.2, -0.15) is 0 Å². The molecule has 1 aliphatic heterocycles. The predicted molar refractivity (Wildman–Crippen MR) is 155 cm³/mol. The molecule has 0 amide bonds. The van der Waals surface area contributed by atoms with Gasteiger partial charge >= 0.3 is 5.97 Å². The van der Waals surface area contributed by atoms with Crippen LogP contribution < -0.4 is 5.32 Å². The fraction of sp³-hybridized carbons (Fsp3) is 0.250. The van der Waals surface area contributed by atoms with Gasteiger partial charge in [0, 0.05) is 6.42 Å². The molecule has 0 radical (unpaired) electrons. The second kappa shape index (κ2) is 11.7. The van der Waals surface area contributed by atoms with Crippen LogP contribution in [0.4, 0.5) is 5.82 Å². The Morgan fingerprint density at radius 1 is 0.929 bits per heavy atom. The molecule has 0 aliphatic carbocycles. The summed E-state index contributed by atoms with van der Waals surface area (Å²) in [7, 11) is 0. The van der Waals surface area contributed by atoms with E-state index in [2.05, 4.69) is 56.7 Å². The molecule has 0 bridgehead atoms. The monoisotopic (exact) mass is 565 g/mol. The number of carbonyl (C=O) groups excluding carboxylic acids is 1. The summed E-state index contributed by atoms with van der Waals surface area (Å²) in [6, 6.07) is 30.3. The number of nitrogens with one attached hydrogen (secondary N) is 1. The second-order valence-electron chi connectivity index (χ2n) is 10.1. The van der Waals surface area contributed by atoms with Crippen LogP contribution in [0.1, 0.15) is 36.3 Å². The molecule has 1 aliphatic rings. The third-order valence-corrected chi connectivity index (χ3v) is 7.60. The molecule has 10 heteroatoms. The number of esters is 1. The lowest BCUT2D eigenvalue weighted by atomic mass is 9.77. The maximum absolute atomic E-state index is 12.0. The summed E-state index contributed by atoms with van der Waals surface area (Å²) >= 11 is 0. The number of imidazole rings is 1. The van der Waals surface area contributed by atoms with Gasteiger partial charge in [0.05, 0.1) is 12.9 Å². The molecule has 3 N–H and O–H groups in total. The number of aliphatic hydroxyl groups is 2. The Morgan fingerprint density at radius 2 is 1.50 bits per heavy atom. The summed E-state index contributed by atoms with van der Waals surface area (Å²) < 4.78 is 12.9. The molecule has 4 atom stereocenters. The van der Waals surface area contributed by atoms with E-state index in [1.54, 1.807) is 11.5 Å². The molecule has 3 heterocycles. The number of benzene rings is 3. The van der Waals surface area contributed by atoms with Crippen molar-refractivity contribution >= 4 is 23.0 Å². The number of fused-ring (bicyclic) bond motifs is 1. The fourth-order valence-corrected chi connectivity index (χ4v) is 5.57. The minimum Gasteiger partial charge on any atom is -0.457 e. The summed E-state index contributed by atoms with van der Waals surface area (Å²) in [6.45, 7) is 1.22. The van der Waals surface area contributed by atoms with Crippen molar-refractivity contribution in [1.29, 1.82) is 0 Å². The van der Waals surface area contributed by atoms with Gasteiger partial charge in [-0.05, 0) is 16.7 Å². The Morgan fingerprint density at radius 3 is 2.02 bits per heavy atom. The summed E-state index contributed by atoms with van der Waals surface area (Å²) in [5.41, 5.74) is 2.99. The quantitative estimate of drug-likeness (QED) is 0.180. The van der Waals surface area contributed by atoms with E-state index in [0.29, 0.717) is 17.0 Å². The summed E-state index contributed by atoms with van der Waals surface area (Å²) in [5, 5.41) is 24.7. The molecule has 10 nitrogen and oxygen atoms in total. The van der Waals surface area contributed by atoms with E-state index in [1.807, 2.05) is 54.6 Å². The zero-order chi connectivity index (χ0) is 29.1. The highest BCUT2D eigenvalue weighted by Gasteiger charge is 2.47. The van der Waals surface area contributed by atoms with Gasteiger partial charge in [-0.15, -0.1) is 0 Å². The van der Waals surface area contributed by atoms with E-state index in [0.717, 1.165) is 16.7 Å². The number of aromatic nitrogens is 4. The molecular weight excluding hydrogens is 534 g/mol. The largest absolute Gasteiger partial charge is 0.457 e. The zero-order valence-electron chi connectivity index (χ0n) is 22.9. The molecule has 1 saturated heterocycles. The number of anilines is 1. The van der Waals surface area contributed by atoms with E-state index >= 15 is 0 Å². The van der Waals surface area contributed by atoms with Crippen LogP contribution in [0.15, 0.2) is 104 Å². The number of hydrogen-bond acceptors (Lipinski definition) is 9. The fourth-order valence-electron chi connectivity index (χ4n) is 5.57. The Kier molecular flexibility index (Phi) is 7.66. The number of hydrogen-bond donors (Lipinski definition) is 3. The lowest BCUT2D eigenvalue weighted by Crippen LogP contribution is -2.38. The van der Waals surface area contributed by atoms with Gasteiger partial charge in [0.15, 0.2) is 29.3 Å². The van der Waals surface area contributed by atoms with Crippen LogP contribution in [0.25, 0.3) is 11.2 Å². The van der Waals surface area contributed by atoms with Crippen LogP contribution >= 0.6 is 0 Å². The number of nitrogens with zero attached hydrogens (tertiary/aromatic N) is 4. The van der Waals surface area contributed by atoms with E-state index in [1.165, 1.54) is 12.7 Å². The Labute approximate surface area is 242 Å². The smallest absolute Gasteiger partial charge is 0.305 e. The molecule has 5 aromatic rings. The Hall–Kier alpha value is -4.64. The van der Waals surface area contributed by atoms with Gasteiger partial charge < -0.3 is 25.0 Å². The average molecular weight is 566 g/mol. The lowest BCUT2D eigenvalue weighted by Gasteiger charge is -2.37. The zero-order valence-corrected chi connectivity index (χ0v) is 22.9. The molecule has 3 aromatic carbocycles. The standard InChI is InChI=1S/C32H31N5O5/c1-2-25(39)42-28-24(18-38)41-31(27(28)40)37-20-35-26-29(33-19-34-30(26)37)36-32(21-12-6-3-7-13-21,22-14-8-4-9-15-22)23-16-10-5-11-17-23/h3-17,19-20,24,27-28,31,38,40H,2,18H2,1H3,(H,33,34,36)/t24-,27+,28-,31-/m1/s1. The first-order valence-corrected chi connectivity index (χ1v) is 13.8. The minimum atomic E-state index is -1.25. The maximum atomic E-state index is 12.0. The number of rotatable bonds is 9. The van der Waals surface area contributed by atoms with Crippen LogP contribution in [0.3, 0.4) is 0 Å². The second-order valence-corrected chi connectivity index (χ2v) is 10.1. The SMILES string of the molecule is CCC(=O)O[C@H]1[C@H](O)[C@H](n2cnc3c(NC(c4ccccc4)(c4ccccc4)c4ccccc4)ncnc32)O[C@@H]1CO. The van der Waals surface area contributed by atoms with Gasteiger partial charge in [0.2, 0.25) is 0 Å². The van der Waals surface area contributed by atoms with Crippen molar-refractivity contribution in [3.8, 4) is 0 Å². The highest BCUT2D eigenvalue weighted by molar-refractivity contribution is 5.84. The van der Waals surface area contributed by atoms with Gasteiger partial charge in [-0.25, -0.2) is 15.0 Å². The first-order valence-electron chi connectivity index (χ1n) is 13.8. The predicted octanol–water partition coefficient (Wildman–Crippen LogP) is 3.80. The molecule has 1 fully saturated rings. The van der Waals surface area contributed by atoms with Crippen LogP contribution in [-0.2, 0) is 19.8 Å². The first kappa shape index (κ1) is 27.5. The third-order valence-electron chi connectivity index (χ3n) is 7.60. The van der Waals surface area contributed by atoms with Crippen LogP contribution in [0.2, 0.25) is 0 Å². The summed E-state index contributed by atoms with van der Waals surface area (Å²) in [5.74, 6) is -0.0272. The first-order chi connectivity index (χ1) is 20.6. The summed E-state index contributed by atoms with van der Waals surface area (Å²) in [4.78, 5) is 25.7. The van der Waals surface area contributed by atoms with Crippen LogP contribution in [0.5, 0.6) is 0 Å². The number of ether oxygens (including phenoxy) is 2. The Bertz CT molecular complexity index is 1550. The molecule has 0 unspecified atom stereocenters. The van der Waals surface area contributed by atoms with E-state index in [4.69, 9.17) is 9.47 Å². The van der Waals surface area contributed by atoms with Crippen LogP contribution in [0, 0.1) is 0 Å². The van der Waals surface area contributed by atoms with Gasteiger partial charge in [-0.3, -0.25) is 9.36 Å². The molecule has 0 spiro atoms. The van der Waals surface area contributed by atoms with E-state index in [9.17, 15) is 15.0 Å². The minimum absolute atomic E-state index is 0.133. The van der Waals surface area contributed by atoms with Gasteiger partial charge in [0.1, 0.15) is 24.1 Å². The topological polar surface area (TPSA) is 132 Å². The maximum Gasteiger partial charge on any atom is 0.305 e. The number of aliphatic hydroxyl groups excluding tert-OH is 2. The molecule has 42 heavy (non-hydrogen) atoms. The van der Waals surface area contributed by atoms with Crippen LogP contribution in [-0.4, -0.2) is 60.6 Å². The van der Waals surface area contributed by atoms with Crippen molar-refractivity contribution in [2.75, 3.05) is 11.9 Å². The van der Waals surface area contributed by atoms with Gasteiger partial charge in [-0.1, -0.05) is 97.9 Å². The highest BCUT2D eigenvalue weighted by Crippen LogP contribution is 2.41. The average Bonchev–Trinajstić information content (AvgIpc) is 3.62. The van der Waals surface area contributed by atoms with Gasteiger partial charge in [0.25, 0.3) is 0 Å². The van der Waals surface area contributed by atoms with Crippen molar-refractivity contribution in [1.82, 2.24) is 19.5 Å². The molecule has 2 aromatic heterocycles. The lowest BCUT2D eigenvalue weighted by molar-refractivity contribution is -0.156. The van der Waals surface area contributed by atoms with Crippen molar-refractivity contribution < 1.29 is 24.5 Å². The third kappa shape index (κ3) is 4.79. The molecule has 6 rings (SSSR count). The Balaban J connectivity index is 1.46. The van der Waals surface area contributed by atoms with E-state index < -0.39 is 42.7 Å². The van der Waals surface area contributed by atoms with Crippen molar-refractivity contribution in [3.63, 3.8) is 0 Å². The van der Waals surface area contributed by atoms with Crippen molar-refractivity contribution in [3.05, 3.63) is 120 Å². The molecule has 214 valence electrons. The molecular formula is C32H31N5O5. The number of carbonyl (C=O) groups is 1. The molecule has 0 saturated carbocycles. The van der Waals surface area contributed by atoms with Crippen molar-refractivity contribution in [2.45, 2.75) is 43.4 Å². The van der Waals surface area contributed by atoms with E-state index in [-0.39, 0.29) is 6.42 Å².